The first-order chi connectivity index (χ1) is 11.1. The molecule has 0 aliphatic carbocycles. The van der Waals surface area contributed by atoms with Crippen LogP contribution in [0.2, 0.25) is 0 Å². The highest BCUT2D eigenvalue weighted by molar-refractivity contribution is 9.10. The maximum absolute atomic E-state index is 12.3. The molecule has 1 amide bonds. The van der Waals surface area contributed by atoms with Crippen molar-refractivity contribution in [3.05, 3.63) is 63.6 Å². The number of ether oxygens (including phenoxy) is 1. The van der Waals surface area contributed by atoms with Crippen molar-refractivity contribution in [2.45, 2.75) is 12.5 Å². The summed E-state index contributed by atoms with van der Waals surface area (Å²) in [6.07, 6.45) is 1.54. The van der Waals surface area contributed by atoms with Crippen LogP contribution in [0.4, 0.5) is 0 Å². The second-order valence-corrected chi connectivity index (χ2v) is 6.05. The first-order valence-corrected chi connectivity index (χ1v) is 7.95. The molecule has 6 heteroatoms. The maximum atomic E-state index is 12.3. The smallest absolute Gasteiger partial charge is 0.273 e. The molecule has 0 bridgehead atoms. The Labute approximate surface area is 142 Å². The number of aromatic hydroxyl groups is 1. The molecule has 2 aromatic rings. The van der Waals surface area contributed by atoms with Gasteiger partial charge in [-0.1, -0.05) is 40.2 Å². The molecule has 1 unspecified atom stereocenters. The van der Waals surface area contributed by atoms with Crippen molar-refractivity contribution in [2.75, 3.05) is 6.61 Å². The third-order valence-corrected chi connectivity index (χ3v) is 4.09. The lowest BCUT2D eigenvalue weighted by Crippen LogP contribution is -2.31. The molecule has 2 aromatic carbocycles. The predicted octanol–water partition coefficient (Wildman–Crippen LogP) is 2.92. The Morgan fingerprint density at radius 3 is 3.04 bits per heavy atom. The lowest BCUT2D eigenvalue weighted by Gasteiger charge is -2.24. The van der Waals surface area contributed by atoms with Crippen LogP contribution in [0.5, 0.6) is 5.75 Å². The van der Waals surface area contributed by atoms with E-state index in [1.807, 2.05) is 24.3 Å². The van der Waals surface area contributed by atoms with E-state index < -0.39 is 6.10 Å². The number of hydrogen-bond donors (Lipinski definition) is 2. The molecule has 0 saturated carbocycles. The summed E-state index contributed by atoms with van der Waals surface area (Å²) in [5.74, 6) is -0.242. The number of rotatable bonds is 3. The van der Waals surface area contributed by atoms with Gasteiger partial charge in [-0.3, -0.25) is 4.79 Å². The molecule has 1 heterocycles. The van der Waals surface area contributed by atoms with Crippen molar-refractivity contribution in [2.24, 2.45) is 5.10 Å². The fraction of sp³-hybridized carbons (Fsp3) is 0.176. The molecule has 2 N–H and O–H groups in total. The van der Waals surface area contributed by atoms with Gasteiger partial charge in [0.2, 0.25) is 0 Å². The van der Waals surface area contributed by atoms with Gasteiger partial charge in [-0.2, -0.15) is 5.10 Å². The molecule has 5 nitrogen and oxygen atoms in total. The molecule has 1 atom stereocenters. The van der Waals surface area contributed by atoms with Crippen LogP contribution in [-0.4, -0.2) is 23.8 Å². The number of halogens is 1. The highest BCUT2D eigenvalue weighted by Gasteiger charge is 2.26. The molecular weight excluding hydrogens is 360 g/mol. The average Bonchev–Trinajstić information content (AvgIpc) is 2.57. The quantitative estimate of drug-likeness (QED) is 0.640. The minimum absolute atomic E-state index is 0.0884. The fourth-order valence-corrected chi connectivity index (χ4v) is 2.84. The second kappa shape index (κ2) is 6.93. The number of amides is 1. The van der Waals surface area contributed by atoms with E-state index in [9.17, 15) is 9.90 Å². The van der Waals surface area contributed by atoms with Gasteiger partial charge in [-0.15, -0.1) is 0 Å². The average molecular weight is 375 g/mol. The monoisotopic (exact) mass is 374 g/mol. The van der Waals surface area contributed by atoms with Crippen molar-refractivity contribution in [1.82, 2.24) is 5.43 Å². The molecule has 0 radical (unpaired) electrons. The molecule has 1 aliphatic heterocycles. The number of benzene rings is 2. The van der Waals surface area contributed by atoms with Gasteiger partial charge >= 0.3 is 0 Å². The lowest BCUT2D eigenvalue weighted by molar-refractivity contribution is -0.134. The maximum Gasteiger partial charge on any atom is 0.273 e. The van der Waals surface area contributed by atoms with Crippen LogP contribution >= 0.6 is 15.9 Å². The van der Waals surface area contributed by atoms with E-state index >= 15 is 0 Å². The van der Waals surface area contributed by atoms with Crippen LogP contribution in [0.15, 0.2) is 52.0 Å². The highest BCUT2D eigenvalue weighted by atomic mass is 79.9. The van der Waals surface area contributed by atoms with Crippen molar-refractivity contribution in [3.63, 3.8) is 0 Å². The number of carbonyl (C=O) groups is 1. The Morgan fingerprint density at radius 2 is 2.17 bits per heavy atom. The van der Waals surface area contributed by atoms with Crippen molar-refractivity contribution in [1.29, 1.82) is 0 Å². The van der Waals surface area contributed by atoms with E-state index in [0.717, 1.165) is 22.0 Å². The van der Waals surface area contributed by atoms with Crippen LogP contribution in [0.1, 0.15) is 22.8 Å². The van der Waals surface area contributed by atoms with Crippen molar-refractivity contribution >= 4 is 28.1 Å². The Kier molecular flexibility index (Phi) is 4.73. The Bertz CT molecular complexity index is 761. The summed E-state index contributed by atoms with van der Waals surface area (Å²) in [7, 11) is 0. The molecule has 0 fully saturated rings. The standard InChI is InChI=1S/C17H15BrN2O3/c18-13-5-6-15(21)12(9-13)10-19-20-17(22)16-14-4-2-1-3-11(14)7-8-23-16/h1-6,9-10,16,21H,7-8H2,(H,20,22). The van der Waals surface area contributed by atoms with Crippen molar-refractivity contribution < 1.29 is 14.6 Å². The number of nitrogens with zero attached hydrogens (tertiary/aromatic N) is 1. The van der Waals surface area contributed by atoms with Gasteiger partial charge in [0, 0.05) is 10.0 Å². The molecule has 0 aromatic heterocycles. The Balaban J connectivity index is 1.71. The van der Waals surface area contributed by atoms with Crippen LogP contribution in [0.3, 0.4) is 0 Å². The molecular formula is C17H15BrN2O3. The number of carbonyl (C=O) groups excluding carboxylic acids is 1. The molecule has 23 heavy (non-hydrogen) atoms. The number of phenolic OH excluding ortho intramolecular Hbond substituents is 1. The number of hydrazone groups is 1. The zero-order valence-electron chi connectivity index (χ0n) is 12.2. The minimum Gasteiger partial charge on any atom is -0.507 e. The summed E-state index contributed by atoms with van der Waals surface area (Å²) in [6.45, 7) is 0.505. The molecule has 118 valence electrons. The molecule has 3 rings (SSSR count). The van der Waals surface area contributed by atoms with Gasteiger partial charge < -0.3 is 9.84 Å². The lowest BCUT2D eigenvalue weighted by atomic mass is 9.97. The minimum atomic E-state index is -0.659. The van der Waals surface area contributed by atoms with Gasteiger partial charge in [-0.05, 0) is 35.7 Å². The van der Waals surface area contributed by atoms with Gasteiger partial charge in [0.1, 0.15) is 5.75 Å². The Morgan fingerprint density at radius 1 is 1.35 bits per heavy atom. The number of phenols is 1. The summed E-state index contributed by atoms with van der Waals surface area (Å²) in [6, 6.07) is 12.7. The normalized spacial score (nSPS) is 17.0. The topological polar surface area (TPSA) is 70.9 Å². The first kappa shape index (κ1) is 15.7. The second-order valence-electron chi connectivity index (χ2n) is 5.14. The van der Waals surface area contributed by atoms with Crippen LogP contribution < -0.4 is 5.43 Å². The number of fused-ring (bicyclic) bond motifs is 1. The van der Waals surface area contributed by atoms with E-state index in [-0.39, 0.29) is 11.7 Å². The Hall–Kier alpha value is -2.18. The number of hydrogen-bond acceptors (Lipinski definition) is 4. The van der Waals surface area contributed by atoms with E-state index in [2.05, 4.69) is 26.5 Å². The summed E-state index contributed by atoms with van der Waals surface area (Å²) in [5.41, 5.74) is 4.96. The van der Waals surface area contributed by atoms with Crippen LogP contribution in [0.25, 0.3) is 0 Å². The van der Waals surface area contributed by atoms with Gasteiger partial charge in [0.05, 0.1) is 12.8 Å². The SMILES string of the molecule is O=C(NN=Cc1cc(Br)ccc1O)C1OCCc2ccccc21. The molecule has 0 saturated heterocycles. The third-order valence-electron chi connectivity index (χ3n) is 3.60. The van der Waals surface area contributed by atoms with E-state index in [1.54, 1.807) is 18.2 Å². The van der Waals surface area contributed by atoms with Gasteiger partial charge in [-0.25, -0.2) is 5.43 Å². The van der Waals surface area contributed by atoms with Gasteiger partial charge in [0.25, 0.3) is 5.91 Å². The van der Waals surface area contributed by atoms with Crippen LogP contribution in [0, 0.1) is 0 Å². The van der Waals surface area contributed by atoms with E-state index in [4.69, 9.17) is 4.74 Å². The highest BCUT2D eigenvalue weighted by Crippen LogP contribution is 2.27. The van der Waals surface area contributed by atoms with E-state index in [1.165, 1.54) is 6.21 Å². The summed E-state index contributed by atoms with van der Waals surface area (Å²) < 4.78 is 6.38. The zero-order chi connectivity index (χ0) is 16.2. The zero-order valence-corrected chi connectivity index (χ0v) is 13.8. The fourth-order valence-electron chi connectivity index (χ4n) is 2.46. The molecule has 1 aliphatic rings. The van der Waals surface area contributed by atoms with E-state index in [0.29, 0.717) is 12.2 Å². The molecule has 0 spiro atoms. The predicted molar refractivity (Wildman–Crippen MR) is 90.4 cm³/mol. The summed E-state index contributed by atoms with van der Waals surface area (Å²) in [5, 5.41) is 13.6. The third kappa shape index (κ3) is 3.60. The van der Waals surface area contributed by atoms with Crippen molar-refractivity contribution in [3.8, 4) is 5.75 Å². The van der Waals surface area contributed by atoms with Crippen LogP contribution in [-0.2, 0) is 16.0 Å². The van der Waals surface area contributed by atoms with Gasteiger partial charge in [0.15, 0.2) is 6.10 Å². The summed E-state index contributed by atoms with van der Waals surface area (Å²) in [4.78, 5) is 12.3. The largest absolute Gasteiger partial charge is 0.507 e. The summed E-state index contributed by atoms with van der Waals surface area (Å²) >= 11 is 3.32. The first-order valence-electron chi connectivity index (χ1n) is 7.16. The number of nitrogens with one attached hydrogen (secondary N) is 1.